The molecule has 122 valence electrons. The van der Waals surface area contributed by atoms with Crippen LogP contribution in [0.2, 0.25) is 0 Å². The Morgan fingerprint density at radius 3 is 2.38 bits per heavy atom. The van der Waals surface area contributed by atoms with Crippen molar-refractivity contribution < 1.29 is 5.11 Å². The normalized spacial score (nSPS) is 47.6. The van der Waals surface area contributed by atoms with E-state index in [1.807, 2.05) is 0 Å². The average molecular weight is 293 g/mol. The molecule has 0 aromatic carbocycles. The Morgan fingerprint density at radius 1 is 1.10 bits per heavy atom. The van der Waals surface area contributed by atoms with Crippen LogP contribution in [0.15, 0.2) is 0 Å². The minimum absolute atomic E-state index is 0.0443. The number of hydrogen-bond acceptors (Lipinski definition) is 2. The van der Waals surface area contributed by atoms with Crippen LogP contribution in [0.1, 0.15) is 78.6 Å². The van der Waals surface area contributed by atoms with Gasteiger partial charge in [0.05, 0.1) is 5.60 Å². The zero-order valence-corrected chi connectivity index (χ0v) is 14.3. The largest absolute Gasteiger partial charge is 0.389 e. The van der Waals surface area contributed by atoms with Crippen LogP contribution in [-0.2, 0) is 0 Å². The summed E-state index contributed by atoms with van der Waals surface area (Å²) >= 11 is 0. The number of rotatable bonds is 2. The second kappa shape index (κ2) is 5.23. The molecule has 2 nitrogen and oxygen atoms in total. The van der Waals surface area contributed by atoms with Gasteiger partial charge in [0.1, 0.15) is 0 Å². The van der Waals surface area contributed by atoms with Gasteiger partial charge in [0, 0.05) is 12.0 Å². The van der Waals surface area contributed by atoms with Gasteiger partial charge in [0.2, 0.25) is 0 Å². The molecular weight excluding hydrogens is 258 g/mol. The van der Waals surface area contributed by atoms with Gasteiger partial charge in [-0.05, 0) is 68.1 Å². The van der Waals surface area contributed by atoms with E-state index in [4.69, 9.17) is 5.73 Å². The summed E-state index contributed by atoms with van der Waals surface area (Å²) in [6, 6.07) is 0. The van der Waals surface area contributed by atoms with Crippen LogP contribution < -0.4 is 5.73 Å². The lowest BCUT2D eigenvalue weighted by molar-refractivity contribution is -0.120. The molecule has 5 atom stereocenters. The zero-order chi connectivity index (χ0) is 15.3. The maximum atomic E-state index is 11.6. The molecule has 0 radical (unpaired) electrons. The molecular formula is C19H35NO. The van der Waals surface area contributed by atoms with Crippen LogP contribution in [0.25, 0.3) is 0 Å². The Bertz CT molecular complexity index is 388. The van der Waals surface area contributed by atoms with E-state index in [9.17, 15) is 5.11 Å². The summed E-state index contributed by atoms with van der Waals surface area (Å²) in [5.74, 6) is 2.30. The topological polar surface area (TPSA) is 46.2 Å². The molecule has 0 aliphatic heterocycles. The molecule has 3 N–H and O–H groups in total. The Labute approximate surface area is 130 Å². The summed E-state index contributed by atoms with van der Waals surface area (Å²) in [7, 11) is 0. The van der Waals surface area contributed by atoms with Gasteiger partial charge in [0.15, 0.2) is 0 Å². The van der Waals surface area contributed by atoms with Gasteiger partial charge in [-0.2, -0.15) is 0 Å². The van der Waals surface area contributed by atoms with E-state index < -0.39 is 5.60 Å². The highest BCUT2D eigenvalue weighted by Gasteiger charge is 2.60. The van der Waals surface area contributed by atoms with Gasteiger partial charge in [0.25, 0.3) is 0 Å². The second-order valence-electron chi connectivity index (χ2n) is 9.47. The second-order valence-corrected chi connectivity index (χ2v) is 9.47. The van der Waals surface area contributed by atoms with Gasteiger partial charge in [-0.15, -0.1) is 0 Å². The molecule has 21 heavy (non-hydrogen) atoms. The van der Waals surface area contributed by atoms with Crippen molar-refractivity contribution in [2.24, 2.45) is 34.3 Å². The molecule has 2 bridgehead atoms. The van der Waals surface area contributed by atoms with Crippen LogP contribution in [0, 0.1) is 28.6 Å². The lowest BCUT2D eigenvalue weighted by atomic mass is 9.59. The van der Waals surface area contributed by atoms with Crippen LogP contribution >= 0.6 is 0 Å². The van der Waals surface area contributed by atoms with Gasteiger partial charge < -0.3 is 10.8 Å². The molecule has 3 rings (SSSR count). The minimum atomic E-state index is -0.485. The first-order chi connectivity index (χ1) is 9.81. The van der Waals surface area contributed by atoms with Crippen molar-refractivity contribution in [3.63, 3.8) is 0 Å². The van der Waals surface area contributed by atoms with Crippen LogP contribution in [0.3, 0.4) is 0 Å². The molecule has 0 amide bonds. The van der Waals surface area contributed by atoms with E-state index in [1.165, 1.54) is 44.9 Å². The average Bonchev–Trinajstić information content (AvgIpc) is 2.95. The predicted octanol–water partition coefficient (Wildman–Crippen LogP) is 4.11. The predicted molar refractivity (Wildman–Crippen MR) is 87.9 cm³/mol. The van der Waals surface area contributed by atoms with Gasteiger partial charge in [-0.1, -0.05) is 33.6 Å². The molecule has 3 aliphatic carbocycles. The number of fused-ring (bicyclic) bond motifs is 2. The fourth-order valence-electron chi connectivity index (χ4n) is 6.14. The first-order valence-corrected chi connectivity index (χ1v) is 9.23. The molecule has 0 aromatic rings. The quantitative estimate of drug-likeness (QED) is 0.753. The Kier molecular flexibility index (Phi) is 3.94. The summed E-state index contributed by atoms with van der Waals surface area (Å²) in [5, 5.41) is 11.6. The van der Waals surface area contributed by atoms with Crippen molar-refractivity contribution in [3.05, 3.63) is 0 Å². The number of nitrogens with two attached hydrogens (primary N) is 1. The fraction of sp³-hybridized carbons (Fsp3) is 1.00. The summed E-state index contributed by atoms with van der Waals surface area (Å²) < 4.78 is 0. The molecule has 0 aromatic heterocycles. The summed E-state index contributed by atoms with van der Waals surface area (Å²) in [6.07, 6.45) is 10.8. The van der Waals surface area contributed by atoms with Gasteiger partial charge in [-0.25, -0.2) is 0 Å². The van der Waals surface area contributed by atoms with Crippen LogP contribution in [-0.4, -0.2) is 17.3 Å². The van der Waals surface area contributed by atoms with E-state index >= 15 is 0 Å². The molecule has 0 spiro atoms. The molecule has 0 saturated heterocycles. The maximum Gasteiger partial charge on any atom is 0.0718 e. The lowest BCUT2D eigenvalue weighted by Crippen LogP contribution is -2.55. The van der Waals surface area contributed by atoms with E-state index in [0.717, 1.165) is 24.7 Å². The molecule has 2 heteroatoms. The summed E-state index contributed by atoms with van der Waals surface area (Å²) in [5.41, 5.74) is 6.21. The molecule has 3 aliphatic rings. The molecule has 5 unspecified atom stereocenters. The first kappa shape index (κ1) is 15.8. The standard InChI is InChI=1S/C19H35NO/c1-17(2,3)15-5-4-9-19(21,10-8-15)18(13-20)12-14-6-7-16(18)11-14/h14-16,21H,4-13,20H2,1-3H3. The molecule has 3 fully saturated rings. The zero-order valence-electron chi connectivity index (χ0n) is 14.3. The van der Waals surface area contributed by atoms with Crippen LogP contribution in [0.4, 0.5) is 0 Å². The van der Waals surface area contributed by atoms with Crippen molar-refractivity contribution in [2.75, 3.05) is 6.54 Å². The van der Waals surface area contributed by atoms with Crippen LogP contribution in [0.5, 0.6) is 0 Å². The maximum absolute atomic E-state index is 11.6. The van der Waals surface area contributed by atoms with Crippen molar-refractivity contribution in [3.8, 4) is 0 Å². The third kappa shape index (κ3) is 2.47. The lowest BCUT2D eigenvalue weighted by Gasteiger charge is -2.50. The minimum Gasteiger partial charge on any atom is -0.389 e. The first-order valence-electron chi connectivity index (χ1n) is 9.23. The number of aliphatic hydroxyl groups is 1. The Balaban J connectivity index is 1.80. The monoisotopic (exact) mass is 293 g/mol. The Hall–Kier alpha value is -0.0800. The van der Waals surface area contributed by atoms with E-state index in [1.54, 1.807) is 0 Å². The summed E-state index contributed by atoms with van der Waals surface area (Å²) in [6.45, 7) is 7.78. The third-order valence-corrected chi connectivity index (χ3v) is 7.54. The highest BCUT2D eigenvalue weighted by atomic mass is 16.3. The van der Waals surface area contributed by atoms with Crippen molar-refractivity contribution in [2.45, 2.75) is 84.2 Å². The molecule has 0 heterocycles. The molecule has 3 saturated carbocycles. The van der Waals surface area contributed by atoms with Crippen molar-refractivity contribution >= 4 is 0 Å². The van der Waals surface area contributed by atoms with E-state index in [0.29, 0.717) is 17.9 Å². The smallest absolute Gasteiger partial charge is 0.0718 e. The highest BCUT2D eigenvalue weighted by Crippen LogP contribution is 2.62. The SMILES string of the molecule is CC(C)(C)C1CCCC(O)(C2(CN)CC3CCC2C3)CC1. The number of hydrogen-bond donors (Lipinski definition) is 2. The van der Waals surface area contributed by atoms with Crippen molar-refractivity contribution in [1.82, 2.24) is 0 Å². The highest BCUT2D eigenvalue weighted by molar-refractivity contribution is 5.11. The van der Waals surface area contributed by atoms with Gasteiger partial charge >= 0.3 is 0 Å². The van der Waals surface area contributed by atoms with E-state index in [-0.39, 0.29) is 5.41 Å². The Morgan fingerprint density at radius 2 is 1.86 bits per heavy atom. The van der Waals surface area contributed by atoms with Gasteiger partial charge in [-0.3, -0.25) is 0 Å². The van der Waals surface area contributed by atoms with Crippen molar-refractivity contribution in [1.29, 1.82) is 0 Å². The summed E-state index contributed by atoms with van der Waals surface area (Å²) in [4.78, 5) is 0. The fourth-order valence-corrected chi connectivity index (χ4v) is 6.14. The van der Waals surface area contributed by atoms with E-state index in [2.05, 4.69) is 20.8 Å². The third-order valence-electron chi connectivity index (χ3n) is 7.54.